The minimum absolute atomic E-state index is 0.0221. The van der Waals surface area contributed by atoms with E-state index in [1.54, 1.807) is 42.5 Å². The van der Waals surface area contributed by atoms with Gasteiger partial charge in [0.1, 0.15) is 0 Å². The van der Waals surface area contributed by atoms with Crippen molar-refractivity contribution in [3.63, 3.8) is 0 Å². The Morgan fingerprint density at radius 1 is 1.05 bits per heavy atom. The monoisotopic (exact) mass is 574 g/mol. The summed E-state index contributed by atoms with van der Waals surface area (Å²) in [6.07, 6.45) is 2.60. The Balaban J connectivity index is 1.43. The predicted octanol–water partition coefficient (Wildman–Crippen LogP) is 3.85. The molecular weight excluding hydrogens is 548 g/mol. The number of cyclic esters (lactones) is 1. The number of methoxy groups -OCH3 is 2. The highest BCUT2D eigenvalue weighted by atomic mass is 16.7. The van der Waals surface area contributed by atoms with Gasteiger partial charge in [-0.15, -0.1) is 0 Å². The van der Waals surface area contributed by atoms with Crippen LogP contribution in [0.4, 0.5) is 5.69 Å². The lowest BCUT2D eigenvalue weighted by Gasteiger charge is -2.39. The first-order valence-corrected chi connectivity index (χ1v) is 13.1. The summed E-state index contributed by atoms with van der Waals surface area (Å²) >= 11 is 0. The van der Waals surface area contributed by atoms with Gasteiger partial charge in [0.15, 0.2) is 23.0 Å². The first-order chi connectivity index (χ1) is 20.3. The lowest BCUT2D eigenvalue weighted by atomic mass is 9.65. The quantitative estimate of drug-likeness (QED) is 0.184. The van der Waals surface area contributed by atoms with Gasteiger partial charge in [-0.25, -0.2) is 0 Å². The van der Waals surface area contributed by atoms with Crippen molar-refractivity contribution in [3.8, 4) is 28.7 Å². The lowest BCUT2D eigenvalue weighted by Crippen LogP contribution is -2.42. The van der Waals surface area contributed by atoms with Crippen molar-refractivity contribution in [3.05, 3.63) is 87.0 Å². The zero-order chi connectivity index (χ0) is 29.5. The van der Waals surface area contributed by atoms with Crippen molar-refractivity contribution in [2.75, 3.05) is 27.6 Å². The van der Waals surface area contributed by atoms with Gasteiger partial charge in [0, 0.05) is 24.0 Å². The molecule has 0 saturated carbocycles. The third-order valence-corrected chi connectivity index (χ3v) is 7.89. The van der Waals surface area contributed by atoms with Gasteiger partial charge in [-0.1, -0.05) is 12.1 Å². The summed E-state index contributed by atoms with van der Waals surface area (Å²) in [5.41, 5.74) is 2.17. The number of nitro benzene ring substituents is 1. The summed E-state index contributed by atoms with van der Waals surface area (Å²) in [5.74, 6) is -1.53. The van der Waals surface area contributed by atoms with Crippen molar-refractivity contribution in [1.29, 1.82) is 0 Å². The molecule has 3 aromatic carbocycles. The fourth-order valence-electron chi connectivity index (χ4n) is 6.00. The fourth-order valence-corrected chi connectivity index (χ4v) is 6.00. The Hall–Kier alpha value is -5.26. The maximum atomic E-state index is 13.3. The lowest BCUT2D eigenvalue weighted by molar-refractivity contribution is -0.385. The normalized spacial score (nSPS) is 21.8. The molecule has 1 fully saturated rings. The molecule has 0 bridgehead atoms. The first-order valence-electron chi connectivity index (χ1n) is 13.1. The Labute approximate surface area is 239 Å². The van der Waals surface area contributed by atoms with E-state index < -0.39 is 40.6 Å². The number of carbonyl (C=O) groups excluding carboxylic acids is 2. The molecule has 0 radical (unpaired) electrons. The van der Waals surface area contributed by atoms with Crippen LogP contribution < -0.4 is 24.3 Å². The molecule has 0 aromatic heterocycles. The Morgan fingerprint density at radius 3 is 2.38 bits per heavy atom. The highest BCUT2D eigenvalue weighted by molar-refractivity contribution is 5.93. The molecule has 12 nitrogen and oxygen atoms in total. The van der Waals surface area contributed by atoms with Crippen LogP contribution >= 0.6 is 0 Å². The average molecular weight is 575 g/mol. The molecule has 1 saturated heterocycles. The van der Waals surface area contributed by atoms with Crippen molar-refractivity contribution in [2.24, 2.45) is 11.8 Å². The van der Waals surface area contributed by atoms with E-state index in [2.05, 4.69) is 5.32 Å². The molecule has 216 valence electrons. The van der Waals surface area contributed by atoms with E-state index in [-0.39, 0.29) is 41.9 Å². The number of aromatic hydroxyl groups is 1. The van der Waals surface area contributed by atoms with Gasteiger partial charge in [0.2, 0.25) is 18.4 Å². The van der Waals surface area contributed by atoms with Crippen LogP contribution in [-0.2, 0) is 14.3 Å². The van der Waals surface area contributed by atoms with E-state index in [0.29, 0.717) is 28.2 Å². The summed E-state index contributed by atoms with van der Waals surface area (Å²) in [6, 6.07) is 12.3. The second kappa shape index (κ2) is 10.6. The topological polar surface area (TPSA) is 156 Å². The third-order valence-electron chi connectivity index (χ3n) is 7.89. The van der Waals surface area contributed by atoms with E-state index in [9.17, 15) is 24.8 Å². The molecular formula is C30H26N2O10. The van der Waals surface area contributed by atoms with Crippen LogP contribution in [0.25, 0.3) is 6.08 Å². The van der Waals surface area contributed by atoms with E-state index in [1.165, 1.54) is 32.4 Å². The maximum Gasteiger partial charge on any atom is 0.310 e. The number of phenols is 1. The summed E-state index contributed by atoms with van der Waals surface area (Å²) < 4.78 is 27.6. The van der Waals surface area contributed by atoms with Gasteiger partial charge in [-0.3, -0.25) is 19.7 Å². The molecule has 4 atom stereocenters. The third kappa shape index (κ3) is 4.50. The maximum absolute atomic E-state index is 13.3. The van der Waals surface area contributed by atoms with Crippen LogP contribution in [0.1, 0.15) is 34.2 Å². The summed E-state index contributed by atoms with van der Waals surface area (Å²) in [4.78, 5) is 37.4. The number of hydrogen-bond donors (Lipinski definition) is 2. The number of phenolic OH excluding ortho intramolecular Hbond substituents is 1. The number of nitrogens with one attached hydrogen (secondary N) is 1. The number of nitro groups is 1. The van der Waals surface area contributed by atoms with Gasteiger partial charge >= 0.3 is 5.97 Å². The van der Waals surface area contributed by atoms with Crippen molar-refractivity contribution >= 4 is 23.6 Å². The predicted molar refractivity (Wildman–Crippen MR) is 147 cm³/mol. The number of carbonyl (C=O) groups is 2. The van der Waals surface area contributed by atoms with E-state index >= 15 is 0 Å². The van der Waals surface area contributed by atoms with Gasteiger partial charge < -0.3 is 34.1 Å². The van der Waals surface area contributed by atoms with Crippen molar-refractivity contribution < 1.29 is 43.3 Å². The number of hydrogen-bond acceptors (Lipinski definition) is 10. The van der Waals surface area contributed by atoms with Gasteiger partial charge in [0.05, 0.1) is 43.3 Å². The van der Waals surface area contributed by atoms with E-state index in [4.69, 9.17) is 23.7 Å². The Kier molecular flexibility index (Phi) is 6.81. The van der Waals surface area contributed by atoms with E-state index in [1.807, 2.05) is 0 Å². The second-order valence-corrected chi connectivity index (χ2v) is 10.0. The molecule has 0 spiro atoms. The highest BCUT2D eigenvalue weighted by Gasteiger charge is 2.53. The molecule has 2 aliphatic heterocycles. The average Bonchev–Trinajstić information content (AvgIpc) is 3.61. The zero-order valence-electron chi connectivity index (χ0n) is 22.6. The van der Waals surface area contributed by atoms with Crippen molar-refractivity contribution in [1.82, 2.24) is 5.32 Å². The number of fused-ring (bicyclic) bond motifs is 3. The number of amides is 1. The smallest absolute Gasteiger partial charge is 0.310 e. The number of ether oxygens (including phenoxy) is 5. The van der Waals surface area contributed by atoms with Gasteiger partial charge in [-0.2, -0.15) is 0 Å². The molecule has 1 aliphatic carbocycles. The molecule has 0 unspecified atom stereocenters. The minimum atomic E-state index is -0.707. The largest absolute Gasteiger partial charge is 0.502 e. The second-order valence-electron chi connectivity index (χ2n) is 10.0. The molecule has 3 aromatic rings. The number of nitrogens with zero attached hydrogens (tertiary/aromatic N) is 1. The van der Waals surface area contributed by atoms with Crippen LogP contribution in [0, 0.1) is 22.0 Å². The fraction of sp³-hybridized carbons (Fsp3) is 0.267. The van der Waals surface area contributed by atoms with Crippen LogP contribution in [0.5, 0.6) is 28.7 Å². The Morgan fingerprint density at radius 2 is 1.71 bits per heavy atom. The number of esters is 1. The van der Waals surface area contributed by atoms with Crippen LogP contribution in [-0.4, -0.2) is 49.5 Å². The molecule has 6 rings (SSSR count). The standard InChI is InChI=1S/C30H26N2O10/c1-38-23-9-16(10-24(39-2)29(23)34)26-17-11-21-22(42-14-41-21)12-18(17)28(19-13-40-30(35)27(19)26)31-25(33)8-7-15-5-3-4-6-20(15)32(36)37/h3-12,19,26-28,34H,13-14H2,1-2H3,(H,31,33)/b8-7+/t19-,26+,27-,28+/m0/s1. The number of para-hydroxylation sites is 1. The molecule has 2 N–H and O–H groups in total. The Bertz CT molecular complexity index is 1610. The summed E-state index contributed by atoms with van der Waals surface area (Å²) in [6.45, 7) is 0.0767. The molecule has 42 heavy (non-hydrogen) atoms. The summed E-state index contributed by atoms with van der Waals surface area (Å²) in [7, 11) is 2.84. The van der Waals surface area contributed by atoms with Crippen LogP contribution in [0.3, 0.4) is 0 Å². The van der Waals surface area contributed by atoms with E-state index in [0.717, 1.165) is 0 Å². The van der Waals surface area contributed by atoms with Gasteiger partial charge in [-0.05, 0) is 53.1 Å². The number of rotatable bonds is 7. The number of benzene rings is 3. The molecule has 12 heteroatoms. The SMILES string of the molecule is COc1cc([C@@H]2c3cc4c(cc3[C@@H](NC(=O)/C=C/c3ccccc3[N+](=O)[O-])[C@H]3COC(=O)[C@H]23)OCO4)cc(OC)c1O. The molecule has 3 aliphatic rings. The first kappa shape index (κ1) is 26.9. The van der Waals surface area contributed by atoms with Crippen LogP contribution in [0.15, 0.2) is 54.6 Å². The van der Waals surface area contributed by atoms with Crippen LogP contribution in [0.2, 0.25) is 0 Å². The summed E-state index contributed by atoms with van der Waals surface area (Å²) in [5, 5.41) is 24.9. The van der Waals surface area contributed by atoms with Gasteiger partial charge in [0.25, 0.3) is 5.69 Å². The minimum Gasteiger partial charge on any atom is -0.502 e. The highest BCUT2D eigenvalue weighted by Crippen LogP contribution is 2.55. The zero-order valence-corrected chi connectivity index (χ0v) is 22.6. The molecule has 2 heterocycles. The molecule has 1 amide bonds. The van der Waals surface area contributed by atoms with Crippen molar-refractivity contribution in [2.45, 2.75) is 12.0 Å².